The second-order valence-electron chi connectivity index (χ2n) is 5.16. The maximum atomic E-state index is 12.9. The molecule has 6 heteroatoms. The number of aromatic amines is 1. The third-order valence-electron chi connectivity index (χ3n) is 3.38. The van der Waals surface area contributed by atoms with Crippen molar-refractivity contribution in [1.82, 2.24) is 15.6 Å². The molecule has 3 rings (SSSR count). The molecular weight excluding hydrogens is 319 g/mol. The van der Waals surface area contributed by atoms with Gasteiger partial charge >= 0.3 is 0 Å². The number of carbonyl (C=O) groups is 1. The van der Waals surface area contributed by atoms with Gasteiger partial charge in [0.25, 0.3) is 5.91 Å². The maximum Gasteiger partial charge on any atom is 0.289 e. The molecule has 0 aliphatic rings. The molecule has 2 aromatic carbocycles. The van der Waals surface area contributed by atoms with Crippen molar-refractivity contribution in [3.05, 3.63) is 83.8 Å². The van der Waals surface area contributed by atoms with Gasteiger partial charge in [0.1, 0.15) is 11.5 Å². The molecule has 0 spiro atoms. The Kier molecular flexibility index (Phi) is 5.11. The molecular formula is C19H15FN4O. The van der Waals surface area contributed by atoms with E-state index in [-0.39, 0.29) is 11.5 Å². The fourth-order valence-corrected chi connectivity index (χ4v) is 2.12. The van der Waals surface area contributed by atoms with Crippen LogP contribution in [0.1, 0.15) is 16.1 Å². The Morgan fingerprint density at radius 1 is 1.12 bits per heavy atom. The number of amides is 1. The lowest BCUT2D eigenvalue weighted by Crippen LogP contribution is -2.17. The average Bonchev–Trinajstić information content (AvgIpc) is 3.13. The van der Waals surface area contributed by atoms with Crippen LogP contribution in [0, 0.1) is 5.82 Å². The van der Waals surface area contributed by atoms with Crippen molar-refractivity contribution < 1.29 is 9.18 Å². The summed E-state index contributed by atoms with van der Waals surface area (Å²) in [4.78, 5) is 12.0. The van der Waals surface area contributed by atoms with E-state index in [9.17, 15) is 9.18 Å². The Hall–Kier alpha value is -3.54. The molecule has 1 amide bonds. The number of nitrogens with zero attached hydrogens (tertiary/aromatic N) is 2. The third kappa shape index (κ3) is 4.48. The van der Waals surface area contributed by atoms with Crippen LogP contribution in [0.3, 0.4) is 0 Å². The summed E-state index contributed by atoms with van der Waals surface area (Å²) in [6.45, 7) is 0. The molecule has 1 heterocycles. The zero-order chi connectivity index (χ0) is 17.5. The van der Waals surface area contributed by atoms with Crippen LogP contribution in [0.15, 0.2) is 71.8 Å². The molecule has 0 saturated carbocycles. The average molecular weight is 334 g/mol. The predicted molar refractivity (Wildman–Crippen MR) is 95.4 cm³/mol. The summed E-state index contributed by atoms with van der Waals surface area (Å²) in [5.74, 6) is -0.736. The number of rotatable bonds is 5. The SMILES string of the molecule is O=C(N/N=C\C=C\c1ccccc1)c1cc(-c2ccc(F)cc2)n[nH]1. The summed E-state index contributed by atoms with van der Waals surface area (Å²) in [5.41, 5.74) is 4.98. The number of nitrogens with one attached hydrogen (secondary N) is 2. The molecule has 3 aromatic rings. The Balaban J connectivity index is 1.57. The first kappa shape index (κ1) is 16.3. The van der Waals surface area contributed by atoms with Crippen LogP contribution in [0.5, 0.6) is 0 Å². The van der Waals surface area contributed by atoms with Crippen molar-refractivity contribution in [1.29, 1.82) is 0 Å². The largest absolute Gasteiger partial charge is 0.289 e. The maximum absolute atomic E-state index is 12.9. The first-order chi connectivity index (χ1) is 12.2. The number of aromatic nitrogens is 2. The topological polar surface area (TPSA) is 70.1 Å². The minimum atomic E-state index is -0.412. The van der Waals surface area contributed by atoms with Gasteiger partial charge in [-0.1, -0.05) is 36.4 Å². The minimum absolute atomic E-state index is 0.267. The lowest BCUT2D eigenvalue weighted by atomic mass is 10.1. The van der Waals surface area contributed by atoms with Crippen LogP contribution >= 0.6 is 0 Å². The lowest BCUT2D eigenvalue weighted by Gasteiger charge is -1.95. The summed E-state index contributed by atoms with van der Waals surface area (Å²) in [7, 11) is 0. The van der Waals surface area contributed by atoms with E-state index in [0.717, 1.165) is 5.56 Å². The van der Waals surface area contributed by atoms with E-state index in [0.29, 0.717) is 11.3 Å². The first-order valence-corrected chi connectivity index (χ1v) is 7.59. The molecule has 0 aliphatic carbocycles. The molecule has 0 radical (unpaired) electrons. The fraction of sp³-hybridized carbons (Fsp3) is 0. The van der Waals surface area contributed by atoms with Crippen molar-refractivity contribution >= 4 is 18.2 Å². The quantitative estimate of drug-likeness (QED) is 0.552. The molecule has 0 unspecified atom stereocenters. The molecule has 0 atom stereocenters. The van der Waals surface area contributed by atoms with Crippen LogP contribution in [0.2, 0.25) is 0 Å². The highest BCUT2D eigenvalue weighted by Crippen LogP contribution is 2.17. The highest BCUT2D eigenvalue weighted by Gasteiger charge is 2.10. The van der Waals surface area contributed by atoms with Gasteiger partial charge in [0, 0.05) is 11.8 Å². The summed E-state index contributed by atoms with van der Waals surface area (Å²) in [5, 5.41) is 10.5. The number of benzene rings is 2. The summed E-state index contributed by atoms with van der Waals surface area (Å²) in [6, 6.07) is 17.2. The van der Waals surface area contributed by atoms with Gasteiger partial charge in [-0.25, -0.2) is 9.82 Å². The first-order valence-electron chi connectivity index (χ1n) is 7.59. The normalized spacial score (nSPS) is 11.2. The molecule has 2 N–H and O–H groups in total. The van der Waals surface area contributed by atoms with Crippen molar-refractivity contribution in [2.45, 2.75) is 0 Å². The second kappa shape index (κ2) is 7.83. The number of carbonyl (C=O) groups excluding carboxylic acids is 1. The number of hydrogen-bond donors (Lipinski definition) is 2. The van der Waals surface area contributed by atoms with Crippen LogP contribution in [0.25, 0.3) is 17.3 Å². The molecule has 0 saturated heterocycles. The summed E-state index contributed by atoms with van der Waals surface area (Å²) >= 11 is 0. The van der Waals surface area contributed by atoms with Crippen molar-refractivity contribution in [2.75, 3.05) is 0 Å². The fourth-order valence-electron chi connectivity index (χ4n) is 2.12. The number of H-pyrrole nitrogens is 1. The third-order valence-corrected chi connectivity index (χ3v) is 3.38. The van der Waals surface area contributed by atoms with Gasteiger partial charge in [0.2, 0.25) is 0 Å². The van der Waals surface area contributed by atoms with Gasteiger partial charge in [-0.15, -0.1) is 0 Å². The molecule has 1 aromatic heterocycles. The molecule has 124 valence electrons. The Labute approximate surface area is 143 Å². The second-order valence-corrected chi connectivity index (χ2v) is 5.16. The van der Waals surface area contributed by atoms with Crippen LogP contribution < -0.4 is 5.43 Å². The van der Waals surface area contributed by atoms with Crippen LogP contribution in [0.4, 0.5) is 4.39 Å². The summed E-state index contributed by atoms with van der Waals surface area (Å²) < 4.78 is 12.9. The number of hydrazone groups is 1. The van der Waals surface area contributed by atoms with Crippen molar-refractivity contribution in [3.8, 4) is 11.3 Å². The molecule has 0 aliphatic heterocycles. The van der Waals surface area contributed by atoms with Crippen LogP contribution in [-0.4, -0.2) is 22.3 Å². The molecule has 5 nitrogen and oxygen atoms in total. The highest BCUT2D eigenvalue weighted by atomic mass is 19.1. The number of hydrogen-bond acceptors (Lipinski definition) is 3. The van der Waals surface area contributed by atoms with E-state index in [4.69, 9.17) is 0 Å². The standard InChI is InChI=1S/C19H15FN4O/c20-16-10-8-15(9-11-16)17-13-18(23-22-17)19(25)24-21-12-4-7-14-5-2-1-3-6-14/h1-13H,(H,22,23)(H,24,25)/b7-4+,21-12-. The smallest absolute Gasteiger partial charge is 0.272 e. The van der Waals surface area contributed by atoms with Gasteiger partial charge in [0.05, 0.1) is 5.69 Å². The van der Waals surface area contributed by atoms with E-state index < -0.39 is 5.91 Å². The Morgan fingerprint density at radius 2 is 1.88 bits per heavy atom. The van der Waals surface area contributed by atoms with Gasteiger partial charge in [-0.3, -0.25) is 9.89 Å². The van der Waals surface area contributed by atoms with Crippen molar-refractivity contribution in [3.63, 3.8) is 0 Å². The van der Waals surface area contributed by atoms with E-state index in [1.165, 1.54) is 18.3 Å². The zero-order valence-electron chi connectivity index (χ0n) is 13.2. The van der Waals surface area contributed by atoms with Gasteiger partial charge in [-0.05, 0) is 42.0 Å². The number of halogens is 1. The molecule has 25 heavy (non-hydrogen) atoms. The Morgan fingerprint density at radius 3 is 2.64 bits per heavy atom. The van der Waals surface area contributed by atoms with Gasteiger partial charge in [0.15, 0.2) is 0 Å². The van der Waals surface area contributed by atoms with Crippen molar-refractivity contribution in [2.24, 2.45) is 5.10 Å². The van der Waals surface area contributed by atoms with Gasteiger partial charge < -0.3 is 0 Å². The monoisotopic (exact) mass is 334 g/mol. The van der Waals surface area contributed by atoms with Crippen LogP contribution in [-0.2, 0) is 0 Å². The molecule has 0 bridgehead atoms. The number of allylic oxidation sites excluding steroid dienone is 1. The highest BCUT2D eigenvalue weighted by molar-refractivity contribution is 5.93. The molecule has 0 fully saturated rings. The zero-order valence-corrected chi connectivity index (χ0v) is 13.2. The lowest BCUT2D eigenvalue weighted by molar-refractivity contribution is 0.0950. The minimum Gasteiger partial charge on any atom is -0.272 e. The predicted octanol–water partition coefficient (Wildman–Crippen LogP) is 3.64. The van der Waals surface area contributed by atoms with E-state index in [1.807, 2.05) is 36.4 Å². The van der Waals surface area contributed by atoms with Gasteiger partial charge in [-0.2, -0.15) is 10.2 Å². The van der Waals surface area contributed by atoms with E-state index in [2.05, 4.69) is 20.7 Å². The van der Waals surface area contributed by atoms with E-state index >= 15 is 0 Å². The Bertz CT molecular complexity index is 899. The van der Waals surface area contributed by atoms with E-state index in [1.54, 1.807) is 24.3 Å². The summed E-state index contributed by atoms with van der Waals surface area (Å²) in [6.07, 6.45) is 5.09.